The molecule has 0 saturated heterocycles. The summed E-state index contributed by atoms with van der Waals surface area (Å²) in [6.45, 7) is 4.03. The molecule has 0 N–H and O–H groups in total. The van der Waals surface area contributed by atoms with Gasteiger partial charge in [-0.1, -0.05) is 15.9 Å². The van der Waals surface area contributed by atoms with Crippen LogP contribution in [-0.4, -0.2) is 22.9 Å². The van der Waals surface area contributed by atoms with Gasteiger partial charge in [0, 0.05) is 27.9 Å². The highest BCUT2D eigenvalue weighted by Gasteiger charge is 2.14. The lowest BCUT2D eigenvalue weighted by atomic mass is 10.2. The molecule has 5 rings (SSSR count). The second-order valence-electron chi connectivity index (χ2n) is 7.13. The van der Waals surface area contributed by atoms with Crippen LogP contribution in [0.3, 0.4) is 0 Å². The highest BCUT2D eigenvalue weighted by atomic mass is 79.9. The Morgan fingerprint density at radius 3 is 2.67 bits per heavy atom. The van der Waals surface area contributed by atoms with Gasteiger partial charge in [-0.25, -0.2) is 4.98 Å². The lowest BCUT2D eigenvalue weighted by Crippen LogP contribution is -2.30. The van der Waals surface area contributed by atoms with Crippen molar-refractivity contribution >= 4 is 43.1 Å². The Labute approximate surface area is 183 Å². The normalized spacial score (nSPS) is 11.6. The van der Waals surface area contributed by atoms with Crippen molar-refractivity contribution in [3.05, 3.63) is 91.3 Å². The van der Waals surface area contributed by atoms with E-state index in [1.807, 2.05) is 32.0 Å². The Balaban J connectivity index is 1.66. The minimum absolute atomic E-state index is 0.225. The van der Waals surface area contributed by atoms with Gasteiger partial charge in [0.1, 0.15) is 11.2 Å². The Morgan fingerprint density at radius 2 is 1.90 bits per heavy atom. The summed E-state index contributed by atoms with van der Waals surface area (Å²) in [4.78, 5) is 30.4. The lowest BCUT2D eigenvalue weighted by molar-refractivity contribution is 0.712. The maximum Gasteiger partial charge on any atom is 0.279 e. The molecule has 150 valence electrons. The van der Waals surface area contributed by atoms with Crippen LogP contribution < -0.4 is 11.1 Å². The number of pyridine rings is 1. The summed E-state index contributed by atoms with van der Waals surface area (Å²) in [5, 5.41) is 1.02. The van der Waals surface area contributed by atoms with Crippen molar-refractivity contribution in [1.82, 2.24) is 22.9 Å². The van der Waals surface area contributed by atoms with Crippen LogP contribution in [0.4, 0.5) is 0 Å². The van der Waals surface area contributed by atoms with Crippen molar-refractivity contribution < 1.29 is 0 Å². The number of imidazole rings is 1. The van der Waals surface area contributed by atoms with Gasteiger partial charge in [-0.05, 0) is 55.7 Å². The first-order valence-corrected chi connectivity index (χ1v) is 10.8. The van der Waals surface area contributed by atoms with Crippen molar-refractivity contribution in [3.63, 3.8) is 0 Å². The first-order valence-electron chi connectivity index (χ1n) is 9.23. The van der Waals surface area contributed by atoms with E-state index < -0.39 is 0 Å². The molecule has 1 aromatic carbocycles. The average molecular weight is 482 g/mol. The van der Waals surface area contributed by atoms with Gasteiger partial charge in [0.25, 0.3) is 11.1 Å². The summed E-state index contributed by atoms with van der Waals surface area (Å²) in [5.74, 6) is 0. The zero-order chi connectivity index (χ0) is 21.0. The highest BCUT2D eigenvalue weighted by Crippen LogP contribution is 2.26. The molecule has 0 amide bonds. The number of benzene rings is 1. The van der Waals surface area contributed by atoms with Crippen molar-refractivity contribution in [2.24, 2.45) is 0 Å². The van der Waals surface area contributed by atoms with Gasteiger partial charge in [-0.3, -0.25) is 14.0 Å². The lowest BCUT2D eigenvalue weighted by Gasteiger charge is -2.12. The van der Waals surface area contributed by atoms with E-state index in [2.05, 4.69) is 25.3 Å². The SMILES string of the molecule is Cc1cn(-c2ccc3c(=O)n(Cc4nsc5ccc(Br)cc45)c(C)cn3c2=O)cn1. The Bertz CT molecular complexity index is 1560. The highest BCUT2D eigenvalue weighted by molar-refractivity contribution is 9.10. The van der Waals surface area contributed by atoms with Gasteiger partial charge in [0.15, 0.2) is 0 Å². The van der Waals surface area contributed by atoms with Gasteiger partial charge in [-0.2, -0.15) is 4.37 Å². The van der Waals surface area contributed by atoms with Crippen LogP contribution in [0.2, 0.25) is 0 Å². The van der Waals surface area contributed by atoms with Gasteiger partial charge < -0.3 is 9.13 Å². The second-order valence-corrected chi connectivity index (χ2v) is 8.85. The fraction of sp³-hybridized carbons (Fsp3) is 0.143. The third kappa shape index (κ3) is 3.01. The maximum absolute atomic E-state index is 13.2. The smallest absolute Gasteiger partial charge is 0.279 e. The van der Waals surface area contributed by atoms with Crippen molar-refractivity contribution in [1.29, 1.82) is 0 Å². The largest absolute Gasteiger partial charge is 0.304 e. The Hall–Kier alpha value is -3.04. The molecule has 0 aliphatic carbocycles. The van der Waals surface area contributed by atoms with E-state index in [-0.39, 0.29) is 11.1 Å². The topological polar surface area (TPSA) is 74.2 Å². The molecule has 0 fully saturated rings. The predicted molar refractivity (Wildman–Crippen MR) is 121 cm³/mol. The van der Waals surface area contributed by atoms with Crippen LogP contribution in [0.25, 0.3) is 21.3 Å². The Morgan fingerprint density at radius 1 is 1.07 bits per heavy atom. The second kappa shape index (κ2) is 7.03. The van der Waals surface area contributed by atoms with Gasteiger partial charge in [0.05, 0.1) is 29.0 Å². The fourth-order valence-corrected chi connectivity index (χ4v) is 4.70. The molecule has 0 saturated carbocycles. The summed E-state index contributed by atoms with van der Waals surface area (Å²) in [5.41, 5.74) is 2.61. The molecule has 4 aromatic heterocycles. The monoisotopic (exact) mass is 481 g/mol. The number of hydrogen-bond donors (Lipinski definition) is 0. The summed E-state index contributed by atoms with van der Waals surface area (Å²) in [6, 6.07) is 9.34. The van der Waals surface area contributed by atoms with Gasteiger partial charge >= 0.3 is 0 Å². The summed E-state index contributed by atoms with van der Waals surface area (Å²) in [6.07, 6.45) is 5.08. The number of aryl methyl sites for hydroxylation is 2. The zero-order valence-electron chi connectivity index (χ0n) is 16.2. The molecular formula is C21H16BrN5O2S. The summed E-state index contributed by atoms with van der Waals surface area (Å²) in [7, 11) is 0. The molecule has 0 unspecified atom stereocenters. The van der Waals surface area contributed by atoms with Crippen LogP contribution in [0.5, 0.6) is 0 Å². The molecule has 30 heavy (non-hydrogen) atoms. The molecule has 9 heteroatoms. The fourth-order valence-electron chi connectivity index (χ4n) is 3.57. The molecule has 5 aromatic rings. The van der Waals surface area contributed by atoms with Crippen LogP contribution >= 0.6 is 27.5 Å². The van der Waals surface area contributed by atoms with Crippen molar-refractivity contribution in [3.8, 4) is 5.69 Å². The Kier molecular flexibility index (Phi) is 4.44. The van der Waals surface area contributed by atoms with E-state index in [1.54, 1.807) is 40.0 Å². The third-order valence-corrected chi connectivity index (χ3v) is 6.46. The van der Waals surface area contributed by atoms with Gasteiger partial charge in [0.2, 0.25) is 0 Å². The molecule has 0 radical (unpaired) electrons. The molecule has 0 spiro atoms. The quantitative estimate of drug-likeness (QED) is 0.393. The van der Waals surface area contributed by atoms with E-state index in [1.165, 1.54) is 15.9 Å². The third-order valence-electron chi connectivity index (χ3n) is 5.11. The first-order chi connectivity index (χ1) is 14.4. The van der Waals surface area contributed by atoms with Crippen molar-refractivity contribution in [2.45, 2.75) is 20.4 Å². The number of rotatable bonds is 3. The summed E-state index contributed by atoms with van der Waals surface area (Å²) >= 11 is 4.91. The predicted octanol–water partition coefficient (Wildman–Crippen LogP) is 3.68. The average Bonchev–Trinajstić information content (AvgIpc) is 3.32. The molecular weight excluding hydrogens is 466 g/mol. The molecule has 0 aliphatic rings. The van der Waals surface area contributed by atoms with E-state index in [4.69, 9.17) is 0 Å². The standard InChI is InChI=1S/C21H16BrN5O2S/c1-12-8-25(11-23-12)17-4-5-18-21(29)26(13(2)9-27(18)20(17)28)10-16-15-7-14(22)3-6-19(15)30-24-16/h3-9,11H,10H2,1-2H3. The van der Waals surface area contributed by atoms with Crippen LogP contribution in [0.15, 0.2) is 63.1 Å². The van der Waals surface area contributed by atoms with Crippen LogP contribution in [-0.2, 0) is 6.54 Å². The number of aromatic nitrogens is 5. The van der Waals surface area contributed by atoms with E-state index in [0.29, 0.717) is 23.4 Å². The maximum atomic E-state index is 13.2. The molecule has 7 nitrogen and oxygen atoms in total. The van der Waals surface area contributed by atoms with Crippen LogP contribution in [0.1, 0.15) is 17.1 Å². The van der Waals surface area contributed by atoms with E-state index in [0.717, 1.165) is 25.9 Å². The van der Waals surface area contributed by atoms with E-state index in [9.17, 15) is 9.59 Å². The number of fused-ring (bicyclic) bond motifs is 2. The number of halogens is 1. The molecule has 0 atom stereocenters. The van der Waals surface area contributed by atoms with Crippen molar-refractivity contribution in [2.75, 3.05) is 0 Å². The summed E-state index contributed by atoms with van der Waals surface area (Å²) < 4.78 is 11.3. The molecule has 0 aliphatic heterocycles. The van der Waals surface area contributed by atoms with Gasteiger partial charge in [-0.15, -0.1) is 0 Å². The van der Waals surface area contributed by atoms with E-state index >= 15 is 0 Å². The molecule has 0 bridgehead atoms. The van der Waals surface area contributed by atoms with Crippen LogP contribution in [0, 0.1) is 13.8 Å². The minimum atomic E-state index is -0.264. The molecule has 4 heterocycles. The zero-order valence-corrected chi connectivity index (χ0v) is 18.6. The first kappa shape index (κ1) is 19.0. The number of hydrogen-bond acceptors (Lipinski definition) is 5. The minimum Gasteiger partial charge on any atom is -0.304 e. The number of nitrogens with zero attached hydrogens (tertiary/aromatic N) is 5.